The first-order valence-corrected chi connectivity index (χ1v) is 6.38. The molecule has 0 radical (unpaired) electrons. The van der Waals surface area contributed by atoms with E-state index in [4.69, 9.17) is 10.5 Å². The summed E-state index contributed by atoms with van der Waals surface area (Å²) in [6.07, 6.45) is 0.816. The number of ether oxygens (including phenoxy) is 1. The van der Waals surface area contributed by atoms with Gasteiger partial charge >= 0.3 is 0 Å². The van der Waals surface area contributed by atoms with Gasteiger partial charge in [0.25, 0.3) is 0 Å². The van der Waals surface area contributed by atoms with Gasteiger partial charge in [-0.15, -0.1) is 0 Å². The van der Waals surface area contributed by atoms with Crippen LogP contribution >= 0.6 is 0 Å². The van der Waals surface area contributed by atoms with E-state index in [9.17, 15) is 4.39 Å². The first-order chi connectivity index (χ1) is 9.16. The van der Waals surface area contributed by atoms with Gasteiger partial charge in [0.1, 0.15) is 11.6 Å². The predicted octanol–water partition coefficient (Wildman–Crippen LogP) is 3.47. The summed E-state index contributed by atoms with van der Waals surface area (Å²) in [5, 5.41) is 0. The second-order valence-electron chi connectivity index (χ2n) is 4.55. The van der Waals surface area contributed by atoms with Crippen LogP contribution in [0.25, 0.3) is 0 Å². The number of benzene rings is 2. The lowest BCUT2D eigenvalue weighted by molar-refractivity contribution is 0.316. The van der Waals surface area contributed by atoms with Gasteiger partial charge in [0.05, 0.1) is 6.61 Å². The summed E-state index contributed by atoms with van der Waals surface area (Å²) in [5.41, 5.74) is 7.74. The molecule has 19 heavy (non-hydrogen) atoms. The summed E-state index contributed by atoms with van der Waals surface area (Å²) in [7, 11) is 0. The van der Waals surface area contributed by atoms with Crippen LogP contribution in [0.15, 0.2) is 48.5 Å². The molecule has 0 heterocycles. The molecule has 0 aliphatic carbocycles. The van der Waals surface area contributed by atoms with E-state index >= 15 is 0 Å². The van der Waals surface area contributed by atoms with E-state index in [0.717, 1.165) is 6.42 Å². The van der Waals surface area contributed by atoms with Crippen molar-refractivity contribution < 1.29 is 9.13 Å². The van der Waals surface area contributed by atoms with Crippen molar-refractivity contribution in [2.24, 2.45) is 5.73 Å². The van der Waals surface area contributed by atoms with Gasteiger partial charge in [0.2, 0.25) is 0 Å². The van der Waals surface area contributed by atoms with Gasteiger partial charge in [0.15, 0.2) is 0 Å². The van der Waals surface area contributed by atoms with Gasteiger partial charge in [-0.25, -0.2) is 4.39 Å². The highest BCUT2D eigenvalue weighted by Gasteiger charge is 2.09. The van der Waals surface area contributed by atoms with E-state index < -0.39 is 0 Å². The third-order valence-corrected chi connectivity index (χ3v) is 2.95. The Hall–Kier alpha value is -1.87. The smallest absolute Gasteiger partial charge is 0.124 e. The van der Waals surface area contributed by atoms with E-state index in [1.54, 1.807) is 6.07 Å². The molecule has 2 aromatic carbocycles. The van der Waals surface area contributed by atoms with Crippen molar-refractivity contribution in [1.82, 2.24) is 0 Å². The van der Waals surface area contributed by atoms with Gasteiger partial charge in [-0.1, -0.05) is 30.3 Å². The Morgan fingerprint density at radius 2 is 1.89 bits per heavy atom. The Morgan fingerprint density at radius 1 is 1.16 bits per heavy atom. The topological polar surface area (TPSA) is 35.2 Å². The van der Waals surface area contributed by atoms with E-state index in [1.807, 2.05) is 25.1 Å². The number of hydrogen-bond donors (Lipinski definition) is 1. The van der Waals surface area contributed by atoms with Crippen molar-refractivity contribution in [1.29, 1.82) is 0 Å². The van der Waals surface area contributed by atoms with Gasteiger partial charge in [-0.05, 0) is 30.7 Å². The second-order valence-corrected chi connectivity index (χ2v) is 4.55. The molecular formula is C16H18FNO. The molecule has 2 nitrogen and oxygen atoms in total. The third kappa shape index (κ3) is 3.80. The van der Waals surface area contributed by atoms with Crippen LogP contribution in [0.3, 0.4) is 0 Å². The Kier molecular flexibility index (Phi) is 4.53. The first kappa shape index (κ1) is 13.6. The van der Waals surface area contributed by atoms with Crippen LogP contribution in [0.2, 0.25) is 0 Å². The van der Waals surface area contributed by atoms with Crippen LogP contribution in [0.1, 0.15) is 24.1 Å². The van der Waals surface area contributed by atoms with Crippen molar-refractivity contribution in [3.63, 3.8) is 0 Å². The number of nitrogens with two attached hydrogens (primary N) is 1. The molecule has 0 saturated heterocycles. The van der Waals surface area contributed by atoms with E-state index in [-0.39, 0.29) is 11.9 Å². The third-order valence-electron chi connectivity index (χ3n) is 2.95. The van der Waals surface area contributed by atoms with Crippen molar-refractivity contribution in [2.45, 2.75) is 19.4 Å². The number of rotatable bonds is 5. The Morgan fingerprint density at radius 3 is 2.58 bits per heavy atom. The SMILES string of the molecule is C[C@@H](N)c1cc(F)ccc1OCCc1ccccc1. The first-order valence-electron chi connectivity index (χ1n) is 6.38. The number of halogens is 1. The zero-order valence-electron chi connectivity index (χ0n) is 11.0. The molecule has 0 aromatic heterocycles. The van der Waals surface area contributed by atoms with Crippen LogP contribution in [0.5, 0.6) is 5.75 Å². The molecule has 2 N–H and O–H groups in total. The maximum absolute atomic E-state index is 13.2. The summed E-state index contributed by atoms with van der Waals surface area (Å²) in [4.78, 5) is 0. The molecule has 0 fully saturated rings. The van der Waals surface area contributed by atoms with Crippen LogP contribution in [-0.2, 0) is 6.42 Å². The molecule has 0 saturated carbocycles. The van der Waals surface area contributed by atoms with Gasteiger partial charge in [-0.3, -0.25) is 0 Å². The summed E-state index contributed by atoms with van der Waals surface area (Å²) in [6.45, 7) is 2.37. The minimum absolute atomic E-state index is 0.248. The fourth-order valence-electron chi connectivity index (χ4n) is 1.93. The van der Waals surface area contributed by atoms with Crippen LogP contribution in [-0.4, -0.2) is 6.61 Å². The average Bonchev–Trinajstić information content (AvgIpc) is 2.41. The van der Waals surface area contributed by atoms with Crippen molar-refractivity contribution >= 4 is 0 Å². The highest BCUT2D eigenvalue weighted by atomic mass is 19.1. The molecule has 0 spiro atoms. The van der Waals surface area contributed by atoms with Crippen molar-refractivity contribution in [2.75, 3.05) is 6.61 Å². The molecule has 0 bridgehead atoms. The maximum atomic E-state index is 13.2. The summed E-state index contributed by atoms with van der Waals surface area (Å²) in [6, 6.07) is 14.3. The Balaban J connectivity index is 2.00. The van der Waals surface area contributed by atoms with Crippen LogP contribution in [0.4, 0.5) is 4.39 Å². The van der Waals surface area contributed by atoms with Gasteiger partial charge in [-0.2, -0.15) is 0 Å². The van der Waals surface area contributed by atoms with E-state index in [0.29, 0.717) is 17.9 Å². The molecular weight excluding hydrogens is 241 g/mol. The maximum Gasteiger partial charge on any atom is 0.124 e. The largest absolute Gasteiger partial charge is 0.493 e. The summed E-state index contributed by atoms with van der Waals surface area (Å²) < 4.78 is 18.9. The summed E-state index contributed by atoms with van der Waals surface area (Å²) >= 11 is 0. The second kappa shape index (κ2) is 6.34. The lowest BCUT2D eigenvalue weighted by Gasteiger charge is -2.14. The lowest BCUT2D eigenvalue weighted by Crippen LogP contribution is -2.10. The van der Waals surface area contributed by atoms with Gasteiger partial charge < -0.3 is 10.5 Å². The van der Waals surface area contributed by atoms with Gasteiger partial charge in [0, 0.05) is 18.0 Å². The molecule has 0 unspecified atom stereocenters. The minimum Gasteiger partial charge on any atom is -0.493 e. The Bertz CT molecular complexity index is 526. The fraction of sp³-hybridized carbons (Fsp3) is 0.250. The number of hydrogen-bond acceptors (Lipinski definition) is 2. The zero-order chi connectivity index (χ0) is 13.7. The molecule has 2 aromatic rings. The normalized spacial score (nSPS) is 12.2. The quantitative estimate of drug-likeness (QED) is 0.892. The average molecular weight is 259 g/mol. The summed E-state index contributed by atoms with van der Waals surface area (Å²) in [5.74, 6) is 0.370. The Labute approximate surface area is 113 Å². The molecule has 2 rings (SSSR count). The van der Waals surface area contributed by atoms with E-state index in [1.165, 1.54) is 17.7 Å². The molecule has 1 atom stereocenters. The molecule has 0 aliphatic rings. The highest BCUT2D eigenvalue weighted by molar-refractivity contribution is 5.36. The minimum atomic E-state index is -0.289. The fourth-order valence-corrected chi connectivity index (χ4v) is 1.93. The molecule has 100 valence electrons. The lowest BCUT2D eigenvalue weighted by atomic mass is 10.1. The van der Waals surface area contributed by atoms with Crippen molar-refractivity contribution in [3.05, 3.63) is 65.5 Å². The standard InChI is InChI=1S/C16H18FNO/c1-12(18)15-11-14(17)7-8-16(15)19-10-9-13-5-3-2-4-6-13/h2-8,11-12H,9-10,18H2,1H3/t12-/m1/s1. The predicted molar refractivity (Wildman–Crippen MR) is 74.6 cm³/mol. The van der Waals surface area contributed by atoms with Crippen molar-refractivity contribution in [3.8, 4) is 5.75 Å². The van der Waals surface area contributed by atoms with Crippen LogP contribution in [0, 0.1) is 5.82 Å². The molecule has 0 amide bonds. The monoisotopic (exact) mass is 259 g/mol. The van der Waals surface area contributed by atoms with E-state index in [2.05, 4.69) is 12.1 Å². The molecule has 0 aliphatic heterocycles. The molecule has 3 heteroatoms. The van der Waals surface area contributed by atoms with Crippen LogP contribution < -0.4 is 10.5 Å². The highest BCUT2D eigenvalue weighted by Crippen LogP contribution is 2.24. The zero-order valence-corrected chi connectivity index (χ0v) is 11.0.